The van der Waals surface area contributed by atoms with Crippen LogP contribution in [0, 0.1) is 12.8 Å². The second-order valence-electron chi connectivity index (χ2n) is 7.20. The van der Waals surface area contributed by atoms with E-state index in [9.17, 15) is 0 Å². The predicted molar refractivity (Wildman–Crippen MR) is 102 cm³/mol. The first-order valence-corrected chi connectivity index (χ1v) is 9.10. The van der Waals surface area contributed by atoms with Gasteiger partial charge in [-0.2, -0.15) is 0 Å². The Morgan fingerprint density at radius 3 is 2.58 bits per heavy atom. The lowest BCUT2D eigenvalue weighted by molar-refractivity contribution is 0.532. The molecular weight excluding hydrogens is 322 g/mol. The van der Waals surface area contributed by atoms with Gasteiger partial charge < -0.3 is 4.57 Å². The molecule has 0 bridgehead atoms. The van der Waals surface area contributed by atoms with Crippen LogP contribution in [0.15, 0.2) is 54.9 Å². The van der Waals surface area contributed by atoms with Crippen molar-refractivity contribution in [3.8, 4) is 11.3 Å². The maximum absolute atomic E-state index is 4.67. The predicted octanol–water partition coefficient (Wildman–Crippen LogP) is 4.14. The lowest BCUT2D eigenvalue weighted by atomic mass is 10.0. The zero-order chi connectivity index (χ0) is 17.7. The number of aryl methyl sites for hydroxylation is 2. The monoisotopic (exact) mass is 343 g/mol. The van der Waals surface area contributed by atoms with Gasteiger partial charge in [0, 0.05) is 12.6 Å². The first-order valence-electron chi connectivity index (χ1n) is 9.10. The SMILES string of the molecule is Cc1nnn(C)c1-c1ccc2ncn([C@@H](c3ccccc3)C3CC3)c2c1. The summed E-state index contributed by atoms with van der Waals surface area (Å²) >= 11 is 0. The Morgan fingerprint density at radius 1 is 1.08 bits per heavy atom. The molecule has 1 fully saturated rings. The van der Waals surface area contributed by atoms with Crippen LogP contribution in [-0.4, -0.2) is 24.5 Å². The number of nitrogens with zero attached hydrogens (tertiary/aromatic N) is 5. The van der Waals surface area contributed by atoms with Gasteiger partial charge in [0.05, 0.1) is 34.8 Å². The molecule has 1 saturated carbocycles. The third-order valence-corrected chi connectivity index (χ3v) is 5.35. The lowest BCUT2D eigenvalue weighted by Gasteiger charge is -2.20. The van der Waals surface area contributed by atoms with Crippen LogP contribution in [0.3, 0.4) is 0 Å². The summed E-state index contributed by atoms with van der Waals surface area (Å²) in [6.45, 7) is 2.00. The Labute approximate surface area is 152 Å². The van der Waals surface area contributed by atoms with Gasteiger partial charge in [0.2, 0.25) is 0 Å². The smallest absolute Gasteiger partial charge is 0.0964 e. The van der Waals surface area contributed by atoms with Gasteiger partial charge in [0.1, 0.15) is 0 Å². The maximum Gasteiger partial charge on any atom is 0.0964 e. The molecule has 130 valence electrons. The van der Waals surface area contributed by atoms with Crippen LogP contribution < -0.4 is 0 Å². The third-order valence-electron chi connectivity index (χ3n) is 5.35. The molecule has 5 rings (SSSR count). The molecule has 4 aromatic rings. The van der Waals surface area contributed by atoms with E-state index in [2.05, 4.69) is 68.4 Å². The van der Waals surface area contributed by atoms with Crippen molar-refractivity contribution in [1.29, 1.82) is 0 Å². The number of benzene rings is 2. The summed E-state index contributed by atoms with van der Waals surface area (Å²) in [6.07, 6.45) is 4.56. The zero-order valence-electron chi connectivity index (χ0n) is 15.0. The van der Waals surface area contributed by atoms with Crippen LogP contribution >= 0.6 is 0 Å². The van der Waals surface area contributed by atoms with E-state index in [1.807, 2.05) is 25.0 Å². The fourth-order valence-electron chi connectivity index (χ4n) is 3.97. The topological polar surface area (TPSA) is 48.5 Å². The highest BCUT2D eigenvalue weighted by Gasteiger charge is 2.34. The molecule has 0 unspecified atom stereocenters. The number of imidazole rings is 1. The van der Waals surface area contributed by atoms with Crippen molar-refractivity contribution in [2.75, 3.05) is 0 Å². The molecule has 0 aliphatic heterocycles. The highest BCUT2D eigenvalue weighted by molar-refractivity contribution is 5.82. The minimum Gasteiger partial charge on any atom is -0.323 e. The summed E-state index contributed by atoms with van der Waals surface area (Å²) < 4.78 is 4.19. The molecule has 1 aliphatic rings. The van der Waals surface area contributed by atoms with Crippen LogP contribution in [0.5, 0.6) is 0 Å². The molecular formula is C21H21N5. The maximum atomic E-state index is 4.67. The van der Waals surface area contributed by atoms with Crippen LogP contribution in [-0.2, 0) is 7.05 Å². The summed E-state index contributed by atoms with van der Waals surface area (Å²) in [5.41, 5.74) is 6.69. The molecule has 26 heavy (non-hydrogen) atoms. The van der Waals surface area contributed by atoms with Crippen molar-refractivity contribution in [3.05, 3.63) is 66.1 Å². The number of hydrogen-bond donors (Lipinski definition) is 0. The normalized spacial score (nSPS) is 15.5. The third kappa shape index (κ3) is 2.43. The largest absolute Gasteiger partial charge is 0.323 e. The standard InChI is InChI=1S/C21H21N5/c1-14-20(25(2)24-23-14)17-10-11-18-19(12-17)26(13-22-18)21(16-8-9-16)15-6-4-3-5-7-15/h3-7,10-13,16,21H,8-9H2,1-2H3/t21-/m0/s1. The molecule has 0 amide bonds. The molecule has 2 aromatic heterocycles. The molecule has 2 heterocycles. The molecule has 5 heteroatoms. The van der Waals surface area contributed by atoms with E-state index in [1.165, 1.54) is 23.9 Å². The van der Waals surface area contributed by atoms with Crippen LogP contribution in [0.4, 0.5) is 0 Å². The minimum absolute atomic E-state index is 0.349. The van der Waals surface area contributed by atoms with E-state index in [4.69, 9.17) is 0 Å². The Kier molecular flexibility index (Phi) is 3.42. The van der Waals surface area contributed by atoms with Crippen molar-refractivity contribution in [3.63, 3.8) is 0 Å². The Hall–Kier alpha value is -2.95. The first-order chi connectivity index (χ1) is 12.7. The molecule has 0 saturated heterocycles. The highest BCUT2D eigenvalue weighted by atomic mass is 15.4. The van der Waals surface area contributed by atoms with Gasteiger partial charge in [-0.15, -0.1) is 5.10 Å². The molecule has 1 atom stereocenters. The van der Waals surface area contributed by atoms with Gasteiger partial charge in [-0.1, -0.05) is 41.6 Å². The van der Waals surface area contributed by atoms with Gasteiger partial charge >= 0.3 is 0 Å². The zero-order valence-corrected chi connectivity index (χ0v) is 15.0. The van der Waals surface area contributed by atoms with E-state index >= 15 is 0 Å². The van der Waals surface area contributed by atoms with Crippen molar-refractivity contribution < 1.29 is 0 Å². The molecule has 1 aliphatic carbocycles. The Balaban J connectivity index is 1.68. The number of rotatable bonds is 4. The lowest BCUT2D eigenvalue weighted by Crippen LogP contribution is -2.11. The summed E-state index contributed by atoms with van der Waals surface area (Å²) in [7, 11) is 1.94. The first kappa shape index (κ1) is 15.3. The fraction of sp³-hybridized carbons (Fsp3) is 0.286. The molecule has 0 N–H and O–H groups in total. The fourth-order valence-corrected chi connectivity index (χ4v) is 3.97. The average molecular weight is 343 g/mol. The van der Waals surface area contributed by atoms with Crippen LogP contribution in [0.25, 0.3) is 22.3 Å². The number of fused-ring (bicyclic) bond motifs is 1. The quantitative estimate of drug-likeness (QED) is 0.559. The summed E-state index contributed by atoms with van der Waals surface area (Å²) in [5, 5.41) is 8.34. The van der Waals surface area contributed by atoms with Crippen molar-refractivity contribution >= 4 is 11.0 Å². The number of hydrogen-bond acceptors (Lipinski definition) is 3. The summed E-state index contributed by atoms with van der Waals surface area (Å²) in [5.74, 6) is 0.693. The second kappa shape index (κ2) is 5.80. The van der Waals surface area contributed by atoms with E-state index in [0.29, 0.717) is 12.0 Å². The van der Waals surface area contributed by atoms with E-state index in [-0.39, 0.29) is 0 Å². The van der Waals surface area contributed by atoms with Crippen LogP contribution in [0.2, 0.25) is 0 Å². The number of aromatic nitrogens is 5. The van der Waals surface area contributed by atoms with Gasteiger partial charge in [0.25, 0.3) is 0 Å². The summed E-state index contributed by atoms with van der Waals surface area (Å²) in [4.78, 5) is 4.67. The minimum atomic E-state index is 0.349. The summed E-state index contributed by atoms with van der Waals surface area (Å²) in [6, 6.07) is 17.6. The molecule has 0 spiro atoms. The van der Waals surface area contributed by atoms with E-state index in [1.54, 1.807) is 0 Å². The average Bonchev–Trinajstić information content (AvgIpc) is 3.33. The van der Waals surface area contributed by atoms with Gasteiger partial charge in [-0.05, 0) is 43.4 Å². The second-order valence-corrected chi connectivity index (χ2v) is 7.20. The Bertz CT molecular complexity index is 1050. The molecule has 0 radical (unpaired) electrons. The van der Waals surface area contributed by atoms with E-state index < -0.39 is 0 Å². The Morgan fingerprint density at radius 2 is 1.88 bits per heavy atom. The van der Waals surface area contributed by atoms with E-state index in [0.717, 1.165) is 22.5 Å². The van der Waals surface area contributed by atoms with Crippen molar-refractivity contribution in [1.82, 2.24) is 24.5 Å². The van der Waals surface area contributed by atoms with Crippen molar-refractivity contribution in [2.45, 2.75) is 25.8 Å². The van der Waals surface area contributed by atoms with Crippen molar-refractivity contribution in [2.24, 2.45) is 13.0 Å². The van der Waals surface area contributed by atoms with Gasteiger partial charge in [0.15, 0.2) is 0 Å². The van der Waals surface area contributed by atoms with Gasteiger partial charge in [-0.3, -0.25) is 0 Å². The highest BCUT2D eigenvalue weighted by Crippen LogP contribution is 2.44. The van der Waals surface area contributed by atoms with Crippen LogP contribution in [0.1, 0.15) is 30.1 Å². The molecule has 5 nitrogen and oxygen atoms in total. The van der Waals surface area contributed by atoms with Gasteiger partial charge in [-0.25, -0.2) is 9.67 Å². The molecule has 2 aromatic carbocycles.